The number of methoxy groups -OCH3 is 1. The average molecular weight is 283 g/mol. The Balaban J connectivity index is 2.11. The van der Waals surface area contributed by atoms with Crippen LogP contribution in [0, 0.1) is 0 Å². The van der Waals surface area contributed by atoms with Crippen molar-refractivity contribution in [2.45, 2.75) is 30.6 Å². The molecule has 2 rings (SSSR count). The minimum atomic E-state index is -3.15. The lowest BCUT2D eigenvalue weighted by molar-refractivity contribution is 0.141. The van der Waals surface area contributed by atoms with Crippen molar-refractivity contribution in [2.24, 2.45) is 0 Å². The van der Waals surface area contributed by atoms with Gasteiger partial charge >= 0.3 is 0 Å². The van der Waals surface area contributed by atoms with E-state index in [0.717, 1.165) is 18.4 Å². The first-order valence-corrected chi connectivity index (χ1v) is 8.05. The first-order chi connectivity index (χ1) is 9.05. The molecule has 0 radical (unpaired) electrons. The van der Waals surface area contributed by atoms with E-state index in [4.69, 9.17) is 4.74 Å². The number of hydrogen-bond acceptors (Lipinski definition) is 3. The summed E-state index contributed by atoms with van der Waals surface area (Å²) in [5, 5.41) is -0.173. The first kappa shape index (κ1) is 14.5. The van der Waals surface area contributed by atoms with Crippen molar-refractivity contribution >= 4 is 10.0 Å². The van der Waals surface area contributed by atoms with Crippen LogP contribution >= 0.6 is 0 Å². The summed E-state index contributed by atoms with van der Waals surface area (Å²) in [4.78, 5) is 0. The lowest BCUT2D eigenvalue weighted by Gasteiger charge is -2.27. The molecule has 4 nitrogen and oxygen atoms in total. The smallest absolute Gasteiger partial charge is 0.217 e. The summed E-state index contributed by atoms with van der Waals surface area (Å²) in [6.45, 7) is 0.414. The normalized spacial score (nSPS) is 17.6. The van der Waals surface area contributed by atoms with Gasteiger partial charge in [-0.05, 0) is 24.8 Å². The van der Waals surface area contributed by atoms with Gasteiger partial charge < -0.3 is 4.74 Å². The number of benzene rings is 1. The van der Waals surface area contributed by atoms with Gasteiger partial charge in [0.1, 0.15) is 0 Å². The first-order valence-electron chi connectivity index (χ1n) is 6.55. The second-order valence-electron chi connectivity index (χ2n) is 5.06. The zero-order valence-corrected chi connectivity index (χ0v) is 12.3. The van der Waals surface area contributed by atoms with Crippen molar-refractivity contribution in [3.05, 3.63) is 35.9 Å². The number of hydrogen-bond donors (Lipinski definition) is 0. The van der Waals surface area contributed by atoms with Crippen LogP contribution in [0.5, 0.6) is 0 Å². The molecule has 0 bridgehead atoms. The molecule has 0 amide bonds. The molecule has 1 aromatic carbocycles. The zero-order chi connectivity index (χ0) is 13.9. The lowest BCUT2D eigenvalue weighted by atomic mass is 10.1. The predicted molar refractivity (Wildman–Crippen MR) is 75.5 cm³/mol. The standard InChI is InChI=1S/C14H21NO3S/c1-15(19(16,17)14-8-9-14)13(11-18-2)10-12-6-4-3-5-7-12/h3-7,13-14H,8-11H2,1-2H3/t13-/m0/s1. The number of sulfonamides is 1. The fraction of sp³-hybridized carbons (Fsp3) is 0.571. The summed E-state index contributed by atoms with van der Waals surface area (Å²) >= 11 is 0. The summed E-state index contributed by atoms with van der Waals surface area (Å²) in [5.74, 6) is 0. The molecule has 0 heterocycles. The molecule has 1 aromatic rings. The molecule has 0 aliphatic heterocycles. The molecule has 19 heavy (non-hydrogen) atoms. The van der Waals surface area contributed by atoms with E-state index in [1.54, 1.807) is 14.2 Å². The van der Waals surface area contributed by atoms with Gasteiger partial charge in [-0.15, -0.1) is 0 Å². The highest BCUT2D eigenvalue weighted by Crippen LogP contribution is 2.31. The van der Waals surface area contributed by atoms with Crippen molar-refractivity contribution < 1.29 is 13.2 Å². The van der Waals surface area contributed by atoms with Crippen molar-refractivity contribution in [3.63, 3.8) is 0 Å². The predicted octanol–water partition coefficient (Wildman–Crippen LogP) is 1.67. The Bertz CT molecular complexity index is 497. The summed E-state index contributed by atoms with van der Waals surface area (Å²) in [5.41, 5.74) is 1.13. The van der Waals surface area contributed by atoms with Crippen LogP contribution in [0.25, 0.3) is 0 Å². The highest BCUT2D eigenvalue weighted by atomic mass is 32.2. The monoisotopic (exact) mass is 283 g/mol. The number of rotatable bonds is 7. The highest BCUT2D eigenvalue weighted by Gasteiger charge is 2.40. The van der Waals surface area contributed by atoms with Gasteiger partial charge in [0.05, 0.1) is 17.9 Å². The summed E-state index contributed by atoms with van der Waals surface area (Å²) < 4.78 is 31.2. The molecule has 1 atom stereocenters. The number of likely N-dealkylation sites (N-methyl/N-ethyl adjacent to an activating group) is 1. The molecule has 0 saturated heterocycles. The molecule has 106 valence electrons. The van der Waals surface area contributed by atoms with Crippen molar-refractivity contribution in [3.8, 4) is 0 Å². The topological polar surface area (TPSA) is 46.6 Å². The van der Waals surface area contributed by atoms with Gasteiger partial charge in [0.15, 0.2) is 0 Å². The maximum absolute atomic E-state index is 12.3. The quantitative estimate of drug-likeness (QED) is 0.764. The van der Waals surface area contributed by atoms with Gasteiger partial charge in [-0.2, -0.15) is 4.31 Å². The third-order valence-corrected chi connectivity index (χ3v) is 5.95. The summed E-state index contributed by atoms with van der Waals surface area (Å²) in [6.07, 6.45) is 2.26. The van der Waals surface area contributed by atoms with Crippen LogP contribution in [-0.4, -0.2) is 44.8 Å². The Morgan fingerprint density at radius 2 is 1.95 bits per heavy atom. The van der Waals surface area contributed by atoms with Crippen LogP contribution in [0.15, 0.2) is 30.3 Å². The minimum absolute atomic E-state index is 0.141. The summed E-state index contributed by atoms with van der Waals surface area (Å²) in [7, 11) is 0.120. The van der Waals surface area contributed by atoms with Gasteiger partial charge in [0.2, 0.25) is 10.0 Å². The Morgan fingerprint density at radius 3 is 2.47 bits per heavy atom. The maximum atomic E-state index is 12.3. The Hall–Kier alpha value is -0.910. The van der Waals surface area contributed by atoms with Crippen molar-refractivity contribution in [1.82, 2.24) is 4.31 Å². The van der Waals surface area contributed by atoms with Crippen LogP contribution in [0.1, 0.15) is 18.4 Å². The van der Waals surface area contributed by atoms with Gasteiger partial charge in [0, 0.05) is 14.2 Å². The van der Waals surface area contributed by atoms with Gasteiger partial charge in [0.25, 0.3) is 0 Å². The molecule has 1 aliphatic rings. The number of nitrogens with zero attached hydrogens (tertiary/aromatic N) is 1. The SMILES string of the molecule is COC[C@H](Cc1ccccc1)N(C)S(=O)(=O)C1CC1. The molecule has 0 aromatic heterocycles. The number of ether oxygens (including phenoxy) is 1. The largest absolute Gasteiger partial charge is 0.383 e. The fourth-order valence-corrected chi connectivity index (χ4v) is 3.93. The molecule has 1 saturated carbocycles. The Kier molecular flexibility index (Phi) is 4.60. The van der Waals surface area contributed by atoms with Gasteiger partial charge in [-0.1, -0.05) is 30.3 Å². The van der Waals surface area contributed by atoms with E-state index >= 15 is 0 Å². The van der Waals surface area contributed by atoms with Crippen LogP contribution in [0.2, 0.25) is 0 Å². The molecular weight excluding hydrogens is 262 g/mol. The van der Waals surface area contributed by atoms with Crippen molar-refractivity contribution in [2.75, 3.05) is 20.8 Å². The minimum Gasteiger partial charge on any atom is -0.383 e. The third kappa shape index (κ3) is 3.55. The molecular formula is C14H21NO3S. The molecule has 1 aliphatic carbocycles. The van der Waals surface area contributed by atoms with E-state index < -0.39 is 10.0 Å². The van der Waals surface area contributed by atoms with E-state index in [2.05, 4.69) is 0 Å². The molecule has 0 unspecified atom stereocenters. The van der Waals surface area contributed by atoms with E-state index in [1.165, 1.54) is 4.31 Å². The van der Waals surface area contributed by atoms with Gasteiger partial charge in [-0.25, -0.2) is 8.42 Å². The summed E-state index contributed by atoms with van der Waals surface area (Å²) in [6, 6.07) is 9.78. The third-order valence-electron chi connectivity index (χ3n) is 3.53. The zero-order valence-electron chi connectivity index (χ0n) is 11.5. The molecule has 0 N–H and O–H groups in total. The van der Waals surface area contributed by atoms with Gasteiger partial charge in [-0.3, -0.25) is 0 Å². The second-order valence-corrected chi connectivity index (χ2v) is 7.33. The fourth-order valence-electron chi connectivity index (χ4n) is 2.18. The van der Waals surface area contributed by atoms with Crippen LogP contribution in [0.3, 0.4) is 0 Å². The van der Waals surface area contributed by atoms with Crippen LogP contribution < -0.4 is 0 Å². The van der Waals surface area contributed by atoms with Crippen molar-refractivity contribution in [1.29, 1.82) is 0 Å². The Labute approximate surface area is 115 Å². The molecule has 1 fully saturated rings. The van der Waals surface area contributed by atoms with Crippen LogP contribution in [0.4, 0.5) is 0 Å². The van der Waals surface area contributed by atoms with E-state index in [1.807, 2.05) is 30.3 Å². The van der Waals surface area contributed by atoms with E-state index in [0.29, 0.717) is 13.0 Å². The average Bonchev–Trinajstić information content (AvgIpc) is 3.23. The lowest BCUT2D eigenvalue weighted by Crippen LogP contribution is -2.42. The van der Waals surface area contributed by atoms with Crippen LogP contribution in [-0.2, 0) is 21.2 Å². The molecule has 5 heteroatoms. The molecule has 0 spiro atoms. The van der Waals surface area contributed by atoms with E-state index in [9.17, 15) is 8.42 Å². The maximum Gasteiger partial charge on any atom is 0.217 e. The van der Waals surface area contributed by atoms with E-state index in [-0.39, 0.29) is 11.3 Å². The second kappa shape index (κ2) is 6.03. The Morgan fingerprint density at radius 1 is 1.32 bits per heavy atom. The highest BCUT2D eigenvalue weighted by molar-refractivity contribution is 7.90.